The van der Waals surface area contributed by atoms with Crippen molar-refractivity contribution in [3.63, 3.8) is 0 Å². The Labute approximate surface area is 212 Å². The van der Waals surface area contributed by atoms with Crippen molar-refractivity contribution in [1.82, 2.24) is 9.80 Å². The van der Waals surface area contributed by atoms with E-state index in [1.165, 1.54) is 5.56 Å². The van der Waals surface area contributed by atoms with Crippen LogP contribution >= 0.6 is 27.7 Å². The Hall–Kier alpha value is -2.58. The maximum atomic E-state index is 12.9. The summed E-state index contributed by atoms with van der Waals surface area (Å²) in [7, 11) is 0. The Balaban J connectivity index is 1.40. The summed E-state index contributed by atoms with van der Waals surface area (Å²) in [6.07, 6.45) is 5.83. The van der Waals surface area contributed by atoms with E-state index in [0.717, 1.165) is 57.9 Å². The van der Waals surface area contributed by atoms with E-state index < -0.39 is 11.1 Å². The molecule has 2 saturated heterocycles. The minimum atomic E-state index is -0.422. The highest BCUT2D eigenvalue weighted by atomic mass is 79.9. The van der Waals surface area contributed by atoms with Crippen LogP contribution in [0.4, 0.5) is 4.79 Å². The fourth-order valence-electron chi connectivity index (χ4n) is 4.03. The fraction of sp³-hybridized carbons (Fsp3) is 0.346. The van der Waals surface area contributed by atoms with E-state index in [0.29, 0.717) is 30.4 Å². The van der Waals surface area contributed by atoms with Crippen molar-refractivity contribution in [3.05, 3.63) is 68.5 Å². The van der Waals surface area contributed by atoms with Gasteiger partial charge in [0.25, 0.3) is 11.1 Å². The first-order valence-corrected chi connectivity index (χ1v) is 13.0. The van der Waals surface area contributed by atoms with Gasteiger partial charge in [0.05, 0.1) is 9.38 Å². The number of hydrogen-bond acceptors (Lipinski definition) is 5. The van der Waals surface area contributed by atoms with Crippen molar-refractivity contribution >= 4 is 50.8 Å². The van der Waals surface area contributed by atoms with Crippen LogP contribution in [-0.2, 0) is 16.2 Å². The second kappa shape index (κ2) is 11.2. The maximum Gasteiger partial charge on any atom is 0.294 e. The normalized spacial score (nSPS) is 17.9. The van der Waals surface area contributed by atoms with Gasteiger partial charge in [0, 0.05) is 13.1 Å². The van der Waals surface area contributed by atoms with Crippen LogP contribution in [0.3, 0.4) is 0 Å². The number of amides is 3. The zero-order valence-corrected chi connectivity index (χ0v) is 21.5. The summed E-state index contributed by atoms with van der Waals surface area (Å²) >= 11 is 4.40. The number of thioether (sulfide) groups is 1. The highest BCUT2D eigenvalue weighted by Gasteiger charge is 2.37. The fourth-order valence-corrected chi connectivity index (χ4v) is 5.38. The summed E-state index contributed by atoms with van der Waals surface area (Å²) < 4.78 is 6.68. The van der Waals surface area contributed by atoms with Gasteiger partial charge in [0.1, 0.15) is 18.9 Å². The Morgan fingerprint density at radius 2 is 1.85 bits per heavy atom. The number of carbonyl (C=O) groups excluding carboxylic acids is 3. The molecule has 0 aromatic heterocycles. The predicted molar refractivity (Wildman–Crippen MR) is 137 cm³/mol. The van der Waals surface area contributed by atoms with Gasteiger partial charge >= 0.3 is 0 Å². The van der Waals surface area contributed by atoms with Gasteiger partial charge in [-0.15, -0.1) is 0 Å². The molecular formula is C26H27BrN2O4S. The number of ether oxygens (including phenoxy) is 1. The Kier molecular flexibility index (Phi) is 8.11. The summed E-state index contributed by atoms with van der Waals surface area (Å²) in [5.74, 6) is 0.104. The topological polar surface area (TPSA) is 66.9 Å². The van der Waals surface area contributed by atoms with Crippen LogP contribution in [0, 0.1) is 6.92 Å². The Bertz CT molecular complexity index is 1130. The lowest BCUT2D eigenvalue weighted by atomic mass is 10.1. The van der Waals surface area contributed by atoms with Gasteiger partial charge in [-0.2, -0.15) is 0 Å². The maximum absolute atomic E-state index is 12.9. The van der Waals surface area contributed by atoms with Crippen LogP contribution in [0.1, 0.15) is 42.4 Å². The van der Waals surface area contributed by atoms with Crippen LogP contribution in [0.2, 0.25) is 0 Å². The van der Waals surface area contributed by atoms with Crippen molar-refractivity contribution in [2.75, 3.05) is 19.6 Å². The molecule has 6 nitrogen and oxygen atoms in total. The first kappa shape index (κ1) is 24.5. The van der Waals surface area contributed by atoms with Gasteiger partial charge < -0.3 is 9.64 Å². The third kappa shape index (κ3) is 6.10. The van der Waals surface area contributed by atoms with Gasteiger partial charge in [-0.3, -0.25) is 19.3 Å². The molecule has 0 atom stereocenters. The van der Waals surface area contributed by atoms with Crippen molar-refractivity contribution in [2.45, 2.75) is 39.2 Å². The summed E-state index contributed by atoms with van der Waals surface area (Å²) in [6, 6.07) is 13.7. The zero-order chi connectivity index (χ0) is 24.1. The molecule has 0 N–H and O–H groups in total. The summed E-state index contributed by atoms with van der Waals surface area (Å²) in [5.41, 5.74) is 3.02. The largest absolute Gasteiger partial charge is 0.488 e. The molecule has 4 rings (SSSR count). The third-order valence-corrected chi connectivity index (χ3v) is 7.38. The van der Waals surface area contributed by atoms with Crippen molar-refractivity contribution in [1.29, 1.82) is 0 Å². The number of imide groups is 1. The molecule has 0 radical (unpaired) electrons. The number of likely N-dealkylation sites (tertiary alicyclic amines) is 1. The zero-order valence-electron chi connectivity index (χ0n) is 19.1. The summed E-state index contributed by atoms with van der Waals surface area (Å²) in [4.78, 5) is 41.1. The monoisotopic (exact) mass is 542 g/mol. The lowest BCUT2D eigenvalue weighted by Gasteiger charge is -2.22. The molecule has 3 amide bonds. The highest BCUT2D eigenvalue weighted by Crippen LogP contribution is 2.34. The van der Waals surface area contributed by atoms with Gasteiger partial charge in [0.2, 0.25) is 5.91 Å². The van der Waals surface area contributed by atoms with E-state index in [4.69, 9.17) is 4.74 Å². The van der Waals surface area contributed by atoms with Crippen molar-refractivity contribution in [3.8, 4) is 5.75 Å². The number of rotatable bonds is 6. The number of nitrogens with zero attached hydrogens (tertiary/aromatic N) is 2. The number of aryl methyl sites for hydroxylation is 1. The predicted octanol–water partition coefficient (Wildman–Crippen LogP) is 5.78. The Morgan fingerprint density at radius 1 is 1.09 bits per heavy atom. The molecule has 0 bridgehead atoms. The molecule has 2 fully saturated rings. The van der Waals surface area contributed by atoms with Gasteiger partial charge in [-0.25, -0.2) is 0 Å². The van der Waals surface area contributed by atoms with Crippen LogP contribution in [0.15, 0.2) is 51.8 Å². The average molecular weight is 543 g/mol. The highest BCUT2D eigenvalue weighted by molar-refractivity contribution is 9.10. The second-order valence-electron chi connectivity index (χ2n) is 8.53. The van der Waals surface area contributed by atoms with Gasteiger partial charge in [-0.05, 0) is 76.8 Å². The van der Waals surface area contributed by atoms with Crippen LogP contribution in [0.5, 0.6) is 5.75 Å². The first-order valence-electron chi connectivity index (χ1n) is 11.4. The molecule has 0 saturated carbocycles. The molecule has 0 unspecified atom stereocenters. The molecule has 178 valence electrons. The van der Waals surface area contributed by atoms with Gasteiger partial charge in [-0.1, -0.05) is 48.7 Å². The smallest absolute Gasteiger partial charge is 0.294 e. The summed E-state index contributed by atoms with van der Waals surface area (Å²) in [6.45, 7) is 3.68. The molecule has 0 spiro atoms. The Morgan fingerprint density at radius 3 is 2.56 bits per heavy atom. The minimum Gasteiger partial charge on any atom is -0.488 e. The molecule has 2 aliphatic rings. The number of carbonyl (C=O) groups is 3. The van der Waals surface area contributed by atoms with Crippen molar-refractivity contribution in [2.24, 2.45) is 0 Å². The lowest BCUT2D eigenvalue weighted by Crippen LogP contribution is -2.42. The van der Waals surface area contributed by atoms with E-state index in [1.807, 2.05) is 43.3 Å². The quantitative estimate of drug-likeness (QED) is 0.433. The van der Waals surface area contributed by atoms with E-state index in [1.54, 1.807) is 11.0 Å². The first-order chi connectivity index (χ1) is 16.4. The standard InChI is InChI=1S/C26H27BrN2O4S/c1-18-7-6-8-20(13-18)17-33-22-10-9-19(14-21(22)27)15-23-25(31)29(26(32)34-23)16-24(30)28-11-4-2-3-5-12-28/h6-10,13-15H,2-5,11-12,16-17H2,1H3. The van der Waals surface area contributed by atoms with Crippen LogP contribution in [-0.4, -0.2) is 46.5 Å². The molecular weight excluding hydrogens is 516 g/mol. The SMILES string of the molecule is Cc1cccc(COc2ccc(C=C3SC(=O)N(CC(=O)N4CCCCCC4)C3=O)cc2Br)c1. The number of halogens is 1. The molecule has 2 aromatic rings. The minimum absolute atomic E-state index is 0.164. The number of hydrogen-bond donors (Lipinski definition) is 0. The third-order valence-electron chi connectivity index (χ3n) is 5.86. The number of benzene rings is 2. The second-order valence-corrected chi connectivity index (χ2v) is 10.4. The molecule has 2 aromatic carbocycles. The van der Waals surface area contributed by atoms with Gasteiger partial charge in [0.15, 0.2) is 0 Å². The van der Waals surface area contributed by atoms with Crippen molar-refractivity contribution < 1.29 is 19.1 Å². The van der Waals surface area contributed by atoms with Crippen LogP contribution in [0.25, 0.3) is 6.08 Å². The average Bonchev–Trinajstić information content (AvgIpc) is 3.00. The lowest BCUT2D eigenvalue weighted by molar-refractivity contribution is -0.135. The van der Waals surface area contributed by atoms with E-state index >= 15 is 0 Å². The summed E-state index contributed by atoms with van der Waals surface area (Å²) in [5, 5.41) is -0.406. The molecule has 2 heterocycles. The van der Waals surface area contributed by atoms with E-state index in [-0.39, 0.29) is 12.5 Å². The molecule has 34 heavy (non-hydrogen) atoms. The molecule has 2 aliphatic heterocycles. The van der Waals surface area contributed by atoms with E-state index in [9.17, 15) is 14.4 Å². The molecule has 0 aliphatic carbocycles. The molecule has 8 heteroatoms. The van der Waals surface area contributed by atoms with Crippen LogP contribution < -0.4 is 4.74 Å². The van der Waals surface area contributed by atoms with E-state index in [2.05, 4.69) is 22.0 Å².